The minimum Gasteiger partial charge on any atom is -0.303 e. The van der Waals surface area contributed by atoms with Gasteiger partial charge in [-0.15, -0.1) is 12.6 Å². The van der Waals surface area contributed by atoms with Gasteiger partial charge in [0.1, 0.15) is 12.1 Å². The Morgan fingerprint density at radius 3 is 2.67 bits per heavy atom. The highest BCUT2D eigenvalue weighted by Crippen LogP contribution is 2.18. The summed E-state index contributed by atoms with van der Waals surface area (Å²) in [6.45, 7) is 1.72. The van der Waals surface area contributed by atoms with Gasteiger partial charge in [-0.1, -0.05) is 6.92 Å². The van der Waals surface area contributed by atoms with Gasteiger partial charge in [0.15, 0.2) is 0 Å². The number of carbonyl (C=O) groups is 1. The van der Waals surface area contributed by atoms with Crippen LogP contribution in [0, 0.1) is 5.82 Å². The number of thiol groups is 1. The van der Waals surface area contributed by atoms with Crippen molar-refractivity contribution in [3.63, 3.8) is 0 Å². The van der Waals surface area contributed by atoms with Crippen LogP contribution in [0.1, 0.15) is 18.4 Å². The standard InChI is InChI=1S/C9H9FOS/c1-6(5-11)7-2-8(10)4-9(12)3-7/h2-6,12H,1H3. The van der Waals surface area contributed by atoms with Gasteiger partial charge in [-0.25, -0.2) is 4.39 Å². The van der Waals surface area contributed by atoms with Crippen molar-refractivity contribution in [2.45, 2.75) is 17.7 Å². The zero-order valence-corrected chi connectivity index (χ0v) is 7.51. The predicted molar refractivity (Wildman–Crippen MR) is 48.1 cm³/mol. The van der Waals surface area contributed by atoms with Crippen LogP contribution in [0.15, 0.2) is 23.1 Å². The smallest absolute Gasteiger partial charge is 0.127 e. The Morgan fingerprint density at radius 2 is 2.17 bits per heavy atom. The molecule has 1 rings (SSSR count). The summed E-state index contributed by atoms with van der Waals surface area (Å²) in [7, 11) is 0. The fraction of sp³-hybridized carbons (Fsp3) is 0.222. The van der Waals surface area contributed by atoms with Crippen molar-refractivity contribution in [2.75, 3.05) is 0 Å². The van der Waals surface area contributed by atoms with Crippen LogP contribution in [-0.2, 0) is 4.79 Å². The largest absolute Gasteiger partial charge is 0.303 e. The fourth-order valence-electron chi connectivity index (χ4n) is 0.938. The summed E-state index contributed by atoms with van der Waals surface area (Å²) in [5.74, 6) is -0.627. The highest BCUT2D eigenvalue weighted by Gasteiger charge is 2.05. The van der Waals surface area contributed by atoms with E-state index < -0.39 is 0 Å². The number of halogens is 1. The van der Waals surface area contributed by atoms with Crippen LogP contribution in [0.5, 0.6) is 0 Å². The van der Waals surface area contributed by atoms with Gasteiger partial charge in [0.2, 0.25) is 0 Å². The summed E-state index contributed by atoms with van der Waals surface area (Å²) >= 11 is 4.00. The molecule has 1 aromatic carbocycles. The predicted octanol–water partition coefficient (Wildman–Crippen LogP) is 2.42. The maximum Gasteiger partial charge on any atom is 0.127 e. The lowest BCUT2D eigenvalue weighted by Gasteiger charge is -2.04. The van der Waals surface area contributed by atoms with Crippen LogP contribution in [-0.4, -0.2) is 6.29 Å². The SMILES string of the molecule is CC(C=O)c1cc(F)cc(S)c1. The fourth-order valence-corrected chi connectivity index (χ4v) is 1.21. The molecule has 1 nitrogen and oxygen atoms in total. The summed E-state index contributed by atoms with van der Waals surface area (Å²) in [4.78, 5) is 10.9. The molecule has 0 N–H and O–H groups in total. The summed E-state index contributed by atoms with van der Waals surface area (Å²) in [6, 6.07) is 4.34. The number of hydrogen-bond donors (Lipinski definition) is 1. The maximum atomic E-state index is 12.8. The Labute approximate surface area is 76.0 Å². The average Bonchev–Trinajstić information content (AvgIpc) is 2.01. The molecule has 0 radical (unpaired) electrons. The highest BCUT2D eigenvalue weighted by atomic mass is 32.1. The molecule has 0 aliphatic carbocycles. The molecule has 64 valence electrons. The van der Waals surface area contributed by atoms with E-state index in [1.807, 2.05) is 0 Å². The number of aldehydes is 1. The highest BCUT2D eigenvalue weighted by molar-refractivity contribution is 7.80. The lowest BCUT2D eigenvalue weighted by molar-refractivity contribution is -0.108. The lowest BCUT2D eigenvalue weighted by atomic mass is 10.0. The second-order valence-corrected chi connectivity index (χ2v) is 3.18. The minimum atomic E-state index is -0.355. The molecule has 3 heteroatoms. The van der Waals surface area contributed by atoms with Crippen molar-refractivity contribution in [1.82, 2.24) is 0 Å². The number of rotatable bonds is 2. The first-order chi connectivity index (χ1) is 5.63. The molecule has 0 spiro atoms. The minimum absolute atomic E-state index is 0.272. The van der Waals surface area contributed by atoms with Gasteiger partial charge in [-0.05, 0) is 23.8 Å². The molecule has 1 aromatic rings. The van der Waals surface area contributed by atoms with E-state index >= 15 is 0 Å². The molecule has 0 aliphatic heterocycles. The molecule has 0 heterocycles. The molecule has 1 atom stereocenters. The Balaban J connectivity index is 3.08. The molecule has 0 aliphatic rings. The van der Waals surface area contributed by atoms with E-state index in [2.05, 4.69) is 12.6 Å². The molecule has 0 bridgehead atoms. The zero-order chi connectivity index (χ0) is 9.14. The third-order valence-electron chi connectivity index (χ3n) is 1.63. The molecular formula is C9H9FOS. The number of carbonyl (C=O) groups excluding carboxylic acids is 1. The summed E-state index contributed by atoms with van der Waals surface area (Å²) < 4.78 is 12.8. The third-order valence-corrected chi connectivity index (χ3v) is 1.89. The Hall–Kier alpha value is -0.830. The van der Waals surface area contributed by atoms with Crippen molar-refractivity contribution in [3.8, 4) is 0 Å². The second-order valence-electron chi connectivity index (χ2n) is 2.67. The van der Waals surface area contributed by atoms with Crippen LogP contribution in [0.4, 0.5) is 4.39 Å². The molecule has 1 unspecified atom stereocenters. The first-order valence-electron chi connectivity index (χ1n) is 3.58. The Kier molecular flexibility index (Phi) is 2.87. The van der Waals surface area contributed by atoms with Crippen LogP contribution in [0.25, 0.3) is 0 Å². The van der Waals surface area contributed by atoms with E-state index in [1.165, 1.54) is 12.1 Å². The van der Waals surface area contributed by atoms with Crippen LogP contribution < -0.4 is 0 Å². The summed E-state index contributed by atoms with van der Waals surface area (Å²) in [5, 5.41) is 0. The van der Waals surface area contributed by atoms with E-state index in [0.717, 1.165) is 6.29 Å². The van der Waals surface area contributed by atoms with Crippen molar-refractivity contribution in [3.05, 3.63) is 29.6 Å². The van der Waals surface area contributed by atoms with Gasteiger partial charge in [0, 0.05) is 10.8 Å². The van der Waals surface area contributed by atoms with Crippen LogP contribution in [0.3, 0.4) is 0 Å². The lowest BCUT2D eigenvalue weighted by Crippen LogP contribution is -1.95. The van der Waals surface area contributed by atoms with Crippen molar-refractivity contribution < 1.29 is 9.18 Å². The molecule has 12 heavy (non-hydrogen) atoms. The monoisotopic (exact) mass is 184 g/mol. The first kappa shape index (κ1) is 9.26. The van der Waals surface area contributed by atoms with Crippen molar-refractivity contribution in [2.24, 2.45) is 0 Å². The van der Waals surface area contributed by atoms with E-state index in [0.29, 0.717) is 10.5 Å². The number of benzene rings is 1. The number of hydrogen-bond acceptors (Lipinski definition) is 2. The van der Waals surface area contributed by atoms with Crippen LogP contribution >= 0.6 is 12.6 Å². The quantitative estimate of drug-likeness (QED) is 0.551. The Morgan fingerprint density at radius 1 is 1.50 bits per heavy atom. The topological polar surface area (TPSA) is 17.1 Å². The second kappa shape index (κ2) is 3.72. The molecule has 0 saturated heterocycles. The Bertz CT molecular complexity index is 278. The maximum absolute atomic E-state index is 12.8. The molecular weight excluding hydrogens is 175 g/mol. The normalized spacial score (nSPS) is 12.6. The van der Waals surface area contributed by atoms with Crippen LogP contribution in [0.2, 0.25) is 0 Å². The van der Waals surface area contributed by atoms with Gasteiger partial charge in [0.25, 0.3) is 0 Å². The van der Waals surface area contributed by atoms with E-state index in [-0.39, 0.29) is 11.7 Å². The zero-order valence-electron chi connectivity index (χ0n) is 6.62. The molecule has 0 aromatic heterocycles. The summed E-state index contributed by atoms with van der Waals surface area (Å²) in [6.07, 6.45) is 0.780. The molecule has 0 saturated carbocycles. The van der Waals surface area contributed by atoms with E-state index in [1.54, 1.807) is 13.0 Å². The molecule has 0 amide bonds. The van der Waals surface area contributed by atoms with Gasteiger partial charge in [-0.3, -0.25) is 0 Å². The van der Waals surface area contributed by atoms with E-state index in [9.17, 15) is 9.18 Å². The third kappa shape index (κ3) is 2.08. The van der Waals surface area contributed by atoms with Crippen molar-refractivity contribution >= 4 is 18.9 Å². The van der Waals surface area contributed by atoms with Crippen molar-refractivity contribution in [1.29, 1.82) is 0 Å². The van der Waals surface area contributed by atoms with Gasteiger partial charge >= 0.3 is 0 Å². The van der Waals surface area contributed by atoms with E-state index in [4.69, 9.17) is 0 Å². The summed E-state index contributed by atoms with van der Waals surface area (Å²) in [5.41, 5.74) is 0.662. The van der Waals surface area contributed by atoms with Gasteiger partial charge in [0.05, 0.1) is 0 Å². The first-order valence-corrected chi connectivity index (χ1v) is 4.03. The average molecular weight is 184 g/mol. The van der Waals surface area contributed by atoms with Gasteiger partial charge < -0.3 is 4.79 Å². The molecule has 0 fully saturated rings. The van der Waals surface area contributed by atoms with Gasteiger partial charge in [-0.2, -0.15) is 0 Å².